The number of aliphatic hydroxyl groups excluding tert-OH is 1. The molecule has 3 saturated heterocycles. The second-order valence-corrected chi connectivity index (χ2v) is 17.3. The van der Waals surface area contributed by atoms with Crippen LogP contribution in [0.25, 0.3) is 11.2 Å². The number of alkyl halides is 1. The topological polar surface area (TPSA) is 241 Å². The van der Waals surface area contributed by atoms with Crippen molar-refractivity contribution in [1.82, 2.24) is 29.1 Å². The Labute approximate surface area is 265 Å². The highest BCUT2D eigenvalue weighted by atomic mass is 32.7. The molecular weight excluding hydrogens is 701 g/mol. The van der Waals surface area contributed by atoms with E-state index in [9.17, 15) is 24.2 Å². The van der Waals surface area contributed by atoms with Crippen molar-refractivity contribution in [2.75, 3.05) is 18.9 Å². The zero-order chi connectivity index (χ0) is 31.8. The van der Waals surface area contributed by atoms with Gasteiger partial charge in [0.1, 0.15) is 23.7 Å². The number of aliphatic imine (C=N–C) groups is 1. The number of hydrogen-bond acceptors (Lipinski definition) is 16. The molecule has 0 aliphatic carbocycles. The third-order valence-corrected chi connectivity index (χ3v) is 12.1. The number of imidazole rings is 2. The number of ketones is 1. The van der Waals surface area contributed by atoms with Gasteiger partial charge in [-0.3, -0.25) is 37.3 Å². The van der Waals surface area contributed by atoms with E-state index in [0.29, 0.717) is 0 Å². The highest BCUT2D eigenvalue weighted by Crippen LogP contribution is 2.60. The number of nitrogens with two attached hydrogens (primary N) is 1. The molecule has 2 unspecified atom stereocenters. The fraction of sp³-hybridized carbons (Fsp3) is 0.524. The van der Waals surface area contributed by atoms with Gasteiger partial charge in [0.2, 0.25) is 5.95 Å². The monoisotopic (exact) mass is 724 g/mol. The van der Waals surface area contributed by atoms with E-state index in [4.69, 9.17) is 40.4 Å². The summed E-state index contributed by atoms with van der Waals surface area (Å²) in [5.74, 6) is -0.441. The number of aromatic nitrogens is 6. The van der Waals surface area contributed by atoms with Crippen LogP contribution in [0.4, 0.5) is 16.2 Å². The van der Waals surface area contributed by atoms with E-state index in [2.05, 4.69) is 37.2 Å². The van der Waals surface area contributed by atoms with Crippen LogP contribution >= 0.6 is 37.5 Å². The van der Waals surface area contributed by atoms with Crippen molar-refractivity contribution in [3.63, 3.8) is 0 Å². The number of hydrogen-bond donors (Lipinski definition) is 5. The van der Waals surface area contributed by atoms with Crippen molar-refractivity contribution in [3.05, 3.63) is 28.7 Å². The first-order chi connectivity index (χ1) is 21.3. The van der Waals surface area contributed by atoms with Crippen molar-refractivity contribution in [1.29, 1.82) is 0 Å². The summed E-state index contributed by atoms with van der Waals surface area (Å²) in [6.07, 6.45) is -5.31. The van der Waals surface area contributed by atoms with Crippen LogP contribution in [-0.4, -0.2) is 100 Å². The Hall–Kier alpha value is -2.07. The quantitative estimate of drug-likeness (QED) is 0.184. The van der Waals surface area contributed by atoms with Crippen LogP contribution in [0.1, 0.15) is 28.5 Å². The Kier molecular flexibility index (Phi) is 8.10. The van der Waals surface area contributed by atoms with Crippen LogP contribution in [0.15, 0.2) is 22.4 Å². The number of halogens is 1. The number of rotatable bonds is 2. The van der Waals surface area contributed by atoms with Crippen LogP contribution in [-0.2, 0) is 39.2 Å². The van der Waals surface area contributed by atoms with Gasteiger partial charge in [-0.1, -0.05) is 12.2 Å². The minimum absolute atomic E-state index is 0.0331. The van der Waals surface area contributed by atoms with E-state index in [0.717, 1.165) is 11.8 Å². The smallest absolute Gasteiger partial charge is 0.386 e. The van der Waals surface area contributed by atoms with E-state index >= 15 is 4.39 Å². The molecule has 7 rings (SSSR count). The molecule has 45 heavy (non-hydrogen) atoms. The first-order valence-electron chi connectivity index (χ1n) is 13.1. The van der Waals surface area contributed by atoms with Gasteiger partial charge in [0, 0.05) is 12.6 Å². The molecule has 0 radical (unpaired) electrons. The van der Waals surface area contributed by atoms with Crippen molar-refractivity contribution >= 4 is 84.3 Å². The molecule has 24 heteroatoms. The van der Waals surface area contributed by atoms with Crippen LogP contribution < -0.4 is 11.3 Å². The molecule has 4 aliphatic heterocycles. The van der Waals surface area contributed by atoms with Gasteiger partial charge in [-0.05, 0) is 11.8 Å². The van der Waals surface area contributed by atoms with Gasteiger partial charge < -0.3 is 25.0 Å². The second kappa shape index (κ2) is 11.6. The first kappa shape index (κ1) is 31.5. The first-order valence-corrected chi connectivity index (χ1v) is 19.3. The maximum absolute atomic E-state index is 16.0. The molecular formula is C21H23FN8O10P2S3. The summed E-state index contributed by atoms with van der Waals surface area (Å²) in [5, 5.41) is 9.40. The number of ether oxygens (including phenoxy) is 1. The zero-order valence-corrected chi connectivity index (χ0v) is 26.7. The molecule has 3 aromatic heterocycles. The number of aliphatic hydroxyl groups is 1. The molecule has 18 nitrogen and oxygen atoms in total. The molecule has 0 amide bonds. The number of nitrogens with zero attached hydrogens (tertiary/aromatic N) is 6. The molecule has 2 bridgehead atoms. The van der Waals surface area contributed by atoms with Crippen LogP contribution in [0.5, 0.6) is 0 Å². The second-order valence-electron chi connectivity index (χ2n) is 10.3. The molecule has 0 spiro atoms. The number of H-pyrrole nitrogens is 1. The van der Waals surface area contributed by atoms with Crippen LogP contribution in [0.2, 0.25) is 0 Å². The number of aromatic amines is 1. The van der Waals surface area contributed by atoms with Gasteiger partial charge >= 0.3 is 13.5 Å². The van der Waals surface area contributed by atoms with Gasteiger partial charge in [-0.25, -0.2) is 23.9 Å². The third-order valence-electron chi connectivity index (χ3n) is 7.41. The highest BCUT2D eigenvalue weighted by molar-refractivity contribution is 8.44. The summed E-state index contributed by atoms with van der Waals surface area (Å²) >= 11 is 10.3. The van der Waals surface area contributed by atoms with Crippen molar-refractivity contribution in [2.45, 2.75) is 53.9 Å². The maximum Gasteiger partial charge on any atom is 0.386 e. The summed E-state index contributed by atoms with van der Waals surface area (Å²) in [4.78, 5) is 54.3. The Morgan fingerprint density at radius 1 is 1.18 bits per heavy atom. The van der Waals surface area contributed by atoms with Gasteiger partial charge in [0.25, 0.3) is 5.56 Å². The van der Waals surface area contributed by atoms with Crippen molar-refractivity contribution in [3.8, 4) is 0 Å². The largest absolute Gasteiger partial charge is 0.389 e. The lowest BCUT2D eigenvalue weighted by Crippen LogP contribution is -2.35. The predicted octanol–water partition coefficient (Wildman–Crippen LogP) is 1.17. The molecule has 3 aromatic rings. The zero-order valence-electron chi connectivity index (χ0n) is 22.4. The molecule has 10 atom stereocenters. The van der Waals surface area contributed by atoms with E-state index in [-0.39, 0.29) is 40.8 Å². The van der Waals surface area contributed by atoms with Gasteiger partial charge in [0.15, 0.2) is 40.9 Å². The fourth-order valence-corrected chi connectivity index (χ4v) is 9.96. The Balaban J connectivity index is 1.20. The lowest BCUT2D eigenvalue weighted by atomic mass is 10.1. The Morgan fingerprint density at radius 3 is 2.76 bits per heavy atom. The maximum atomic E-state index is 16.0. The summed E-state index contributed by atoms with van der Waals surface area (Å²) in [6, 6.07) is 0. The number of carbonyl (C=O) groups is 1. The molecule has 0 saturated carbocycles. The van der Waals surface area contributed by atoms with E-state index in [1.165, 1.54) is 28.0 Å². The number of Topliss-reactive ketones (excluding diaryl/α,β-unsaturated/α-hetero) is 1. The molecule has 5 N–H and O–H groups in total. The van der Waals surface area contributed by atoms with Gasteiger partial charge in [0.05, 0.1) is 37.2 Å². The lowest BCUT2D eigenvalue weighted by molar-refractivity contribution is -0.0439. The molecule has 242 valence electrons. The average Bonchev–Trinajstić information content (AvgIpc) is 3.72. The van der Waals surface area contributed by atoms with Crippen molar-refractivity contribution < 1.29 is 46.6 Å². The Morgan fingerprint density at radius 2 is 1.96 bits per heavy atom. The van der Waals surface area contributed by atoms with E-state index in [1.807, 2.05) is 0 Å². The summed E-state index contributed by atoms with van der Waals surface area (Å²) in [5.41, 5.74) is 5.16. The normalized spacial score (nSPS) is 38.8. The minimum atomic E-state index is -4.35. The SMILES string of the molecule is Nc1nc2c(ncn2[C@@H]2S[C@@H]3COP(O)(=S)O[C@H]4[C@H](F)[C@H](n5cnc6c5N=CCC6=O)O[C@@H]4COP(=O)(S)O[C@@H]2[C@@H]3O)c(=O)[nH]1. The number of nitrogens with one attached hydrogen (secondary N) is 1. The number of thiol groups is 1. The van der Waals surface area contributed by atoms with Crippen LogP contribution in [0.3, 0.4) is 0 Å². The molecule has 3 fully saturated rings. The molecule has 7 heterocycles. The number of thioether (sulfide) groups is 1. The molecule has 0 aromatic carbocycles. The standard InChI is InChI=1S/C21H23FN8O10P2S3/c22-10-14-8(38-19(10)29-5-25-11-7(31)1-2-24-16(11)29)3-36-41(34,43)40-15-13(32)9(4-37-42(35,44)39-14)45-20(15)30-6-26-12-17(30)27-21(23)28-18(12)33/h2,5-6,8-10,13-15,19-20,32H,1,3-4H2,(H,34,43)(H,35,44)(H3,23,27,28,33)/t8-,9-,10+,13-,14-,15-,19-,20-,41?,42?/m1/s1. The summed E-state index contributed by atoms with van der Waals surface area (Å²) < 4.78 is 60.4. The summed E-state index contributed by atoms with van der Waals surface area (Å²) in [7, 11) is 0. The fourth-order valence-electron chi connectivity index (χ4n) is 5.38. The molecule has 4 aliphatic rings. The van der Waals surface area contributed by atoms with Gasteiger partial charge in [-0.15, -0.1) is 11.8 Å². The summed E-state index contributed by atoms with van der Waals surface area (Å²) in [6.45, 7) is -9.62. The highest BCUT2D eigenvalue weighted by Gasteiger charge is 2.53. The van der Waals surface area contributed by atoms with E-state index < -0.39 is 79.7 Å². The minimum Gasteiger partial charge on any atom is -0.389 e. The number of anilines is 1. The average molecular weight is 725 g/mol. The third kappa shape index (κ3) is 5.74. The van der Waals surface area contributed by atoms with Crippen LogP contribution in [0, 0.1) is 0 Å². The number of fused-ring (bicyclic) bond motifs is 5. The Bertz CT molecular complexity index is 1880. The predicted molar refractivity (Wildman–Crippen MR) is 162 cm³/mol. The van der Waals surface area contributed by atoms with Gasteiger partial charge in [-0.2, -0.15) is 4.98 Å². The van der Waals surface area contributed by atoms with Crippen molar-refractivity contribution in [2.24, 2.45) is 4.99 Å². The van der Waals surface area contributed by atoms with E-state index in [1.54, 1.807) is 0 Å². The lowest BCUT2D eigenvalue weighted by Gasteiger charge is -2.27. The number of carbonyl (C=O) groups excluding carboxylic acids is 1. The number of nitrogen functional groups attached to an aromatic ring is 1.